The highest BCUT2D eigenvalue weighted by Gasteiger charge is 2.30. The molecule has 0 heterocycles. The van der Waals surface area contributed by atoms with Gasteiger partial charge >= 0.3 is 5.97 Å². The number of rotatable bonds is 5. The lowest BCUT2D eigenvalue weighted by Gasteiger charge is -2.34. The molecule has 0 spiro atoms. The van der Waals surface area contributed by atoms with E-state index in [0.717, 1.165) is 30.7 Å². The van der Waals surface area contributed by atoms with E-state index in [1.54, 1.807) is 0 Å². The van der Waals surface area contributed by atoms with Crippen molar-refractivity contribution in [2.24, 2.45) is 23.7 Å². The van der Waals surface area contributed by atoms with Crippen molar-refractivity contribution in [1.29, 1.82) is 0 Å². The molecule has 2 aliphatic rings. The van der Waals surface area contributed by atoms with Crippen LogP contribution in [0.5, 0.6) is 5.75 Å². The Hall–Kier alpha value is -1.28. The molecular weight excluding hydrogens is 365 g/mol. The van der Waals surface area contributed by atoms with E-state index in [1.165, 1.54) is 44.6 Å². The van der Waals surface area contributed by atoms with Gasteiger partial charge in [0.15, 0.2) is 11.6 Å². The summed E-state index contributed by atoms with van der Waals surface area (Å²) in [5.41, 5.74) is 0. The van der Waals surface area contributed by atoms with Crippen LogP contribution in [0.3, 0.4) is 0 Å². The monoisotopic (exact) mass is 394 g/mol. The van der Waals surface area contributed by atoms with Gasteiger partial charge in [-0.25, -0.2) is 8.78 Å². The molecular formula is C22H29F2O2P. The van der Waals surface area contributed by atoms with E-state index >= 15 is 0 Å². The van der Waals surface area contributed by atoms with Gasteiger partial charge in [0.25, 0.3) is 0 Å². The second kappa shape index (κ2) is 9.28. The van der Waals surface area contributed by atoms with E-state index < -0.39 is 17.6 Å². The van der Waals surface area contributed by atoms with Crippen LogP contribution in [0.2, 0.25) is 0 Å². The summed E-state index contributed by atoms with van der Waals surface area (Å²) < 4.78 is 32.5. The summed E-state index contributed by atoms with van der Waals surface area (Å²) in [6.45, 7) is 2.26. The fraction of sp³-hybridized carbons (Fsp3) is 0.591. The van der Waals surface area contributed by atoms with Crippen molar-refractivity contribution in [3.63, 3.8) is 0 Å². The number of esters is 1. The number of hydrogen-bond acceptors (Lipinski definition) is 2. The SMILES string of the molecule is CCCC1CCC(C2C=CC(C(=O)Oc3ccc(F)c(P)c3F)CC2)CC1. The summed E-state index contributed by atoms with van der Waals surface area (Å²) in [5.74, 6) is -0.383. The van der Waals surface area contributed by atoms with Crippen LogP contribution in [0.4, 0.5) is 8.78 Å². The molecule has 0 radical (unpaired) electrons. The van der Waals surface area contributed by atoms with Crippen LogP contribution in [-0.2, 0) is 4.79 Å². The highest BCUT2D eigenvalue weighted by Crippen LogP contribution is 2.40. The van der Waals surface area contributed by atoms with Crippen LogP contribution >= 0.6 is 9.24 Å². The highest BCUT2D eigenvalue weighted by atomic mass is 31.0. The van der Waals surface area contributed by atoms with Crippen LogP contribution in [0.25, 0.3) is 0 Å². The maximum Gasteiger partial charge on any atom is 0.318 e. The Balaban J connectivity index is 1.54. The first kappa shape index (κ1) is 20.5. The minimum atomic E-state index is -0.838. The van der Waals surface area contributed by atoms with Gasteiger partial charge in [-0.2, -0.15) is 0 Å². The van der Waals surface area contributed by atoms with Crippen molar-refractivity contribution >= 4 is 20.5 Å². The van der Waals surface area contributed by atoms with Crippen LogP contribution in [-0.4, -0.2) is 5.97 Å². The predicted octanol–water partition coefficient (Wildman–Crippen LogP) is 5.56. The molecule has 3 atom stereocenters. The summed E-state index contributed by atoms with van der Waals surface area (Å²) in [7, 11) is 2.00. The van der Waals surface area contributed by atoms with E-state index in [2.05, 4.69) is 13.0 Å². The number of allylic oxidation sites excluding steroid dienone is 1. The largest absolute Gasteiger partial charge is 0.423 e. The predicted molar refractivity (Wildman–Crippen MR) is 107 cm³/mol. The number of halogens is 2. The van der Waals surface area contributed by atoms with Crippen molar-refractivity contribution in [1.82, 2.24) is 0 Å². The lowest BCUT2D eigenvalue weighted by Crippen LogP contribution is -2.27. The van der Waals surface area contributed by atoms with E-state index in [0.29, 0.717) is 5.92 Å². The molecule has 3 unspecified atom stereocenters. The molecule has 3 rings (SSSR count). The summed E-state index contributed by atoms with van der Waals surface area (Å²) in [5, 5.41) is -0.210. The lowest BCUT2D eigenvalue weighted by molar-refractivity contribution is -0.138. The molecule has 2 aliphatic carbocycles. The van der Waals surface area contributed by atoms with Gasteiger partial charge in [0.05, 0.1) is 5.92 Å². The topological polar surface area (TPSA) is 26.3 Å². The van der Waals surface area contributed by atoms with Crippen molar-refractivity contribution in [3.8, 4) is 5.75 Å². The van der Waals surface area contributed by atoms with Crippen molar-refractivity contribution in [2.45, 2.75) is 58.3 Å². The fourth-order valence-corrected chi connectivity index (χ4v) is 4.79. The molecule has 27 heavy (non-hydrogen) atoms. The molecule has 148 valence electrons. The third kappa shape index (κ3) is 4.96. The number of hydrogen-bond donors (Lipinski definition) is 0. The van der Waals surface area contributed by atoms with Crippen molar-refractivity contribution < 1.29 is 18.3 Å². The average Bonchev–Trinajstić information content (AvgIpc) is 2.69. The summed E-state index contributed by atoms with van der Waals surface area (Å²) >= 11 is 0. The minimum absolute atomic E-state index is 0.210. The van der Waals surface area contributed by atoms with Gasteiger partial charge in [0.1, 0.15) is 5.82 Å². The smallest absolute Gasteiger partial charge is 0.318 e. The molecule has 0 saturated heterocycles. The molecule has 0 bridgehead atoms. The second-order valence-corrected chi connectivity index (χ2v) is 8.57. The number of ether oxygens (including phenoxy) is 1. The van der Waals surface area contributed by atoms with Crippen LogP contribution in [0, 0.1) is 35.3 Å². The standard InChI is InChI=1S/C22H29F2O2P/c1-2-3-14-4-6-15(7-5-14)16-8-10-17(11-9-16)22(25)26-19-13-12-18(23)21(27)20(19)24/h8,10,12-17H,2-7,9,11,27H2,1H3. The first-order valence-corrected chi connectivity index (χ1v) is 10.7. The number of carbonyl (C=O) groups excluding carboxylic acids is 1. The molecule has 1 saturated carbocycles. The molecule has 1 aromatic carbocycles. The Morgan fingerprint density at radius 1 is 1.11 bits per heavy atom. The van der Waals surface area contributed by atoms with Gasteiger partial charge < -0.3 is 4.74 Å². The highest BCUT2D eigenvalue weighted by molar-refractivity contribution is 7.27. The Morgan fingerprint density at radius 2 is 1.85 bits per heavy atom. The molecule has 1 fully saturated rings. The molecule has 0 amide bonds. The molecule has 1 aromatic rings. The van der Waals surface area contributed by atoms with Crippen LogP contribution in [0.15, 0.2) is 24.3 Å². The second-order valence-electron chi connectivity index (χ2n) is 8.00. The maximum absolute atomic E-state index is 14.0. The third-order valence-electron chi connectivity index (χ3n) is 6.20. The quantitative estimate of drug-likeness (QED) is 0.283. The van der Waals surface area contributed by atoms with Crippen LogP contribution in [0.1, 0.15) is 58.3 Å². The lowest BCUT2D eigenvalue weighted by atomic mass is 9.71. The van der Waals surface area contributed by atoms with Gasteiger partial charge in [-0.15, -0.1) is 0 Å². The molecule has 0 aromatic heterocycles. The third-order valence-corrected chi connectivity index (χ3v) is 6.73. The number of benzene rings is 1. The van der Waals surface area contributed by atoms with E-state index in [4.69, 9.17) is 4.74 Å². The molecule has 0 N–H and O–H groups in total. The summed E-state index contributed by atoms with van der Waals surface area (Å²) in [6, 6.07) is 2.27. The molecule has 2 nitrogen and oxygen atoms in total. The van der Waals surface area contributed by atoms with Gasteiger partial charge in [-0.3, -0.25) is 4.79 Å². The van der Waals surface area contributed by atoms with Gasteiger partial charge in [-0.05, 0) is 55.6 Å². The van der Waals surface area contributed by atoms with E-state index in [1.807, 2.05) is 15.3 Å². The Kier molecular flexibility index (Phi) is 7.03. The fourth-order valence-electron chi connectivity index (χ4n) is 4.56. The van der Waals surface area contributed by atoms with E-state index in [-0.39, 0.29) is 17.0 Å². The van der Waals surface area contributed by atoms with Crippen molar-refractivity contribution in [2.75, 3.05) is 0 Å². The Morgan fingerprint density at radius 3 is 2.48 bits per heavy atom. The van der Waals surface area contributed by atoms with Gasteiger partial charge in [0, 0.05) is 5.30 Å². The zero-order valence-electron chi connectivity index (χ0n) is 15.9. The first-order valence-electron chi connectivity index (χ1n) is 10.1. The number of carbonyl (C=O) groups is 1. The zero-order chi connectivity index (χ0) is 19.4. The molecule has 0 aliphatic heterocycles. The Labute approximate surface area is 163 Å². The zero-order valence-corrected chi connectivity index (χ0v) is 17.1. The van der Waals surface area contributed by atoms with E-state index in [9.17, 15) is 13.6 Å². The minimum Gasteiger partial charge on any atom is -0.423 e. The summed E-state index contributed by atoms with van der Waals surface area (Å²) in [4.78, 5) is 12.4. The molecule has 5 heteroatoms. The maximum atomic E-state index is 14.0. The van der Waals surface area contributed by atoms with Crippen molar-refractivity contribution in [3.05, 3.63) is 35.9 Å². The average molecular weight is 394 g/mol. The summed E-state index contributed by atoms with van der Waals surface area (Å²) in [6.07, 6.45) is 13.6. The van der Waals surface area contributed by atoms with Gasteiger partial charge in [-0.1, -0.05) is 54.0 Å². The van der Waals surface area contributed by atoms with Crippen LogP contribution < -0.4 is 10.0 Å². The van der Waals surface area contributed by atoms with Gasteiger partial charge in [0.2, 0.25) is 0 Å². The Bertz CT molecular complexity index is 696. The normalized spacial score (nSPS) is 28.1. The first-order chi connectivity index (χ1) is 13.0.